The highest BCUT2D eigenvalue weighted by Gasteiger charge is 2.16. The summed E-state index contributed by atoms with van der Waals surface area (Å²) in [6, 6.07) is 4.36. The Hall–Kier alpha value is -2.42. The van der Waals surface area contributed by atoms with Crippen LogP contribution in [0.4, 0.5) is 5.69 Å². The van der Waals surface area contributed by atoms with Gasteiger partial charge >= 0.3 is 5.97 Å². The third-order valence-electron chi connectivity index (χ3n) is 2.19. The topological polar surface area (TPSA) is 116 Å². The second-order valence-corrected chi connectivity index (χ2v) is 5.39. The first-order valence-electron chi connectivity index (χ1n) is 5.30. The van der Waals surface area contributed by atoms with Crippen LogP contribution in [0.3, 0.4) is 0 Å². The summed E-state index contributed by atoms with van der Waals surface area (Å²) in [4.78, 5) is 20.6. The van der Waals surface area contributed by atoms with Gasteiger partial charge in [-0.25, -0.2) is 13.2 Å². The van der Waals surface area contributed by atoms with Crippen molar-refractivity contribution in [3.05, 3.63) is 46.2 Å². The number of hydrogen-bond donors (Lipinski definition) is 1. The van der Waals surface area contributed by atoms with Crippen molar-refractivity contribution in [1.29, 1.82) is 0 Å². The van der Waals surface area contributed by atoms with E-state index in [2.05, 4.69) is 9.46 Å². The van der Waals surface area contributed by atoms with Gasteiger partial charge in [-0.1, -0.05) is 0 Å². The molecule has 0 spiro atoms. The third kappa shape index (κ3) is 4.05. The number of hydrogen-bond acceptors (Lipinski definition) is 6. The average molecular weight is 300 g/mol. The van der Waals surface area contributed by atoms with Crippen molar-refractivity contribution < 1.29 is 22.9 Å². The molecule has 0 fully saturated rings. The van der Waals surface area contributed by atoms with Crippen LogP contribution in [-0.2, 0) is 19.6 Å². The lowest BCUT2D eigenvalue weighted by atomic mass is 10.3. The van der Waals surface area contributed by atoms with E-state index < -0.39 is 20.9 Å². The summed E-state index contributed by atoms with van der Waals surface area (Å²) in [6.07, 6.45) is 0.975. The Morgan fingerprint density at radius 2 is 1.90 bits per heavy atom. The molecular weight excluding hydrogens is 288 g/mol. The van der Waals surface area contributed by atoms with Crippen molar-refractivity contribution in [2.24, 2.45) is 0 Å². The van der Waals surface area contributed by atoms with Crippen LogP contribution in [0.2, 0.25) is 0 Å². The maximum absolute atomic E-state index is 11.9. The van der Waals surface area contributed by atoms with Crippen LogP contribution >= 0.6 is 0 Å². The summed E-state index contributed by atoms with van der Waals surface area (Å²) in [5.41, 5.74) is -0.152. The summed E-state index contributed by atoms with van der Waals surface area (Å²) >= 11 is 0. The van der Waals surface area contributed by atoms with Gasteiger partial charge in [0.2, 0.25) is 0 Å². The van der Waals surface area contributed by atoms with Gasteiger partial charge in [-0.05, 0) is 19.1 Å². The number of carbonyl (C=O) groups excluding carboxylic acids is 1. The molecule has 0 atom stereocenters. The lowest BCUT2D eigenvalue weighted by Gasteiger charge is -2.07. The zero-order valence-corrected chi connectivity index (χ0v) is 11.5. The number of esters is 1. The zero-order valence-electron chi connectivity index (χ0n) is 10.7. The van der Waals surface area contributed by atoms with E-state index in [1.807, 2.05) is 0 Å². The number of methoxy groups -OCH3 is 1. The maximum atomic E-state index is 11.9. The molecule has 9 heteroatoms. The van der Waals surface area contributed by atoms with Gasteiger partial charge < -0.3 is 4.74 Å². The Morgan fingerprint density at radius 1 is 1.35 bits per heavy atom. The molecule has 1 rings (SSSR count). The predicted octanol–water partition coefficient (Wildman–Crippen LogP) is 0.950. The second-order valence-electron chi connectivity index (χ2n) is 3.71. The summed E-state index contributed by atoms with van der Waals surface area (Å²) in [5, 5.41) is 10.5. The van der Waals surface area contributed by atoms with Gasteiger partial charge in [-0.15, -0.1) is 0 Å². The number of nitro benzene ring substituents is 1. The Kier molecular flexibility index (Phi) is 4.81. The highest BCUT2D eigenvalue weighted by atomic mass is 32.2. The Bertz CT molecular complexity index is 648. The number of nitro groups is 1. The fraction of sp³-hybridized carbons (Fsp3) is 0.182. The summed E-state index contributed by atoms with van der Waals surface area (Å²) in [5.74, 6) is -0.700. The molecule has 0 aliphatic heterocycles. The molecule has 0 saturated heterocycles. The number of sulfonamides is 1. The second kappa shape index (κ2) is 6.15. The zero-order chi connectivity index (χ0) is 15.3. The van der Waals surface area contributed by atoms with E-state index in [0.29, 0.717) is 0 Å². The number of nitrogens with zero attached hydrogens (tertiary/aromatic N) is 1. The molecule has 0 radical (unpaired) electrons. The summed E-state index contributed by atoms with van der Waals surface area (Å²) < 4.78 is 30.3. The quantitative estimate of drug-likeness (QED) is 0.374. The molecule has 8 nitrogen and oxygen atoms in total. The number of rotatable bonds is 5. The fourth-order valence-corrected chi connectivity index (χ4v) is 2.38. The van der Waals surface area contributed by atoms with Crippen molar-refractivity contribution in [1.82, 2.24) is 4.72 Å². The standard InChI is InChI=1S/C11H12N2O6S/c1-8(7-11(14)19-2)12-20(17,18)10-5-3-9(4-6-10)13(15)16/h3-7,12H,1-2H3/b8-7-. The van der Waals surface area contributed by atoms with Crippen molar-refractivity contribution in [3.8, 4) is 0 Å². The van der Waals surface area contributed by atoms with Crippen molar-refractivity contribution in [2.45, 2.75) is 11.8 Å². The first kappa shape index (κ1) is 15.6. The van der Waals surface area contributed by atoms with Gasteiger partial charge in [0, 0.05) is 23.9 Å². The first-order chi connectivity index (χ1) is 9.26. The van der Waals surface area contributed by atoms with Crippen molar-refractivity contribution in [2.75, 3.05) is 7.11 Å². The molecule has 0 amide bonds. The van der Waals surface area contributed by atoms with Crippen LogP contribution in [-0.4, -0.2) is 26.4 Å². The molecule has 0 aliphatic rings. The molecule has 0 heterocycles. The highest BCUT2D eigenvalue weighted by molar-refractivity contribution is 7.89. The number of allylic oxidation sites excluding steroid dienone is 1. The van der Waals surface area contributed by atoms with Crippen LogP contribution in [0.25, 0.3) is 0 Å². The van der Waals surface area contributed by atoms with Crippen molar-refractivity contribution in [3.63, 3.8) is 0 Å². The normalized spacial score (nSPS) is 11.8. The monoisotopic (exact) mass is 300 g/mol. The summed E-state index contributed by atoms with van der Waals surface area (Å²) in [6.45, 7) is 1.37. The average Bonchev–Trinajstić information content (AvgIpc) is 2.37. The lowest BCUT2D eigenvalue weighted by Crippen LogP contribution is -2.22. The molecule has 0 unspecified atom stereocenters. The predicted molar refractivity (Wildman–Crippen MR) is 69.2 cm³/mol. The molecule has 0 bridgehead atoms. The lowest BCUT2D eigenvalue weighted by molar-refractivity contribution is -0.384. The van der Waals surface area contributed by atoms with E-state index in [4.69, 9.17) is 0 Å². The van der Waals surface area contributed by atoms with Crippen LogP contribution in [0.5, 0.6) is 0 Å². The maximum Gasteiger partial charge on any atom is 0.332 e. The number of carbonyl (C=O) groups is 1. The molecular formula is C11H12N2O6S. The third-order valence-corrected chi connectivity index (χ3v) is 3.67. The van der Waals surface area contributed by atoms with Gasteiger partial charge in [0.05, 0.1) is 16.9 Å². The van der Waals surface area contributed by atoms with Crippen LogP contribution in [0.1, 0.15) is 6.92 Å². The molecule has 1 aromatic carbocycles. The Morgan fingerprint density at radius 3 is 2.35 bits per heavy atom. The molecule has 0 aliphatic carbocycles. The van der Waals surface area contributed by atoms with Crippen LogP contribution in [0.15, 0.2) is 40.9 Å². The minimum absolute atomic E-state index is 0.0650. The molecule has 0 aromatic heterocycles. The Balaban J connectivity index is 2.97. The molecule has 108 valence electrons. The van der Waals surface area contributed by atoms with E-state index >= 15 is 0 Å². The number of ether oxygens (including phenoxy) is 1. The largest absolute Gasteiger partial charge is 0.466 e. The number of benzene rings is 1. The van der Waals surface area contributed by atoms with Gasteiger partial charge in [-0.2, -0.15) is 0 Å². The smallest absolute Gasteiger partial charge is 0.332 e. The van der Waals surface area contributed by atoms with E-state index in [0.717, 1.165) is 37.5 Å². The number of non-ortho nitro benzene ring substituents is 1. The molecule has 20 heavy (non-hydrogen) atoms. The first-order valence-corrected chi connectivity index (χ1v) is 6.78. The van der Waals surface area contributed by atoms with E-state index in [9.17, 15) is 23.3 Å². The fourth-order valence-electron chi connectivity index (χ4n) is 1.28. The minimum atomic E-state index is -3.90. The van der Waals surface area contributed by atoms with E-state index in [1.165, 1.54) is 6.92 Å². The van der Waals surface area contributed by atoms with E-state index in [1.54, 1.807) is 0 Å². The molecule has 0 saturated carbocycles. The van der Waals surface area contributed by atoms with Crippen molar-refractivity contribution >= 4 is 21.7 Å². The van der Waals surface area contributed by atoms with Crippen LogP contribution < -0.4 is 4.72 Å². The highest BCUT2D eigenvalue weighted by Crippen LogP contribution is 2.16. The van der Waals surface area contributed by atoms with Gasteiger partial charge in [-0.3, -0.25) is 14.8 Å². The van der Waals surface area contributed by atoms with E-state index in [-0.39, 0.29) is 16.3 Å². The van der Waals surface area contributed by atoms with Gasteiger partial charge in [0.25, 0.3) is 15.7 Å². The summed E-state index contributed by atoms with van der Waals surface area (Å²) in [7, 11) is -2.74. The van der Waals surface area contributed by atoms with Crippen LogP contribution in [0, 0.1) is 10.1 Å². The van der Waals surface area contributed by atoms with Gasteiger partial charge in [0.15, 0.2) is 0 Å². The number of nitrogens with one attached hydrogen (secondary N) is 1. The molecule has 1 aromatic rings. The SMILES string of the molecule is COC(=O)/C=C(/C)NS(=O)(=O)c1ccc([N+](=O)[O-])cc1. The Labute approximate surface area is 115 Å². The minimum Gasteiger partial charge on any atom is -0.466 e. The van der Waals surface area contributed by atoms with Gasteiger partial charge in [0.1, 0.15) is 0 Å². The molecule has 1 N–H and O–H groups in total.